The highest BCUT2D eigenvalue weighted by Crippen LogP contribution is 2.38. The molecule has 1 fully saturated rings. The molecule has 0 bridgehead atoms. The summed E-state index contributed by atoms with van der Waals surface area (Å²) in [4.78, 5) is 22.7. The van der Waals surface area contributed by atoms with Gasteiger partial charge >= 0.3 is 11.9 Å². The van der Waals surface area contributed by atoms with Crippen molar-refractivity contribution in [3.8, 4) is 0 Å². The van der Waals surface area contributed by atoms with Crippen LogP contribution in [0.25, 0.3) is 0 Å². The molecule has 4 heteroatoms. The van der Waals surface area contributed by atoms with Crippen LogP contribution in [-0.4, -0.2) is 22.6 Å². The highest BCUT2D eigenvalue weighted by molar-refractivity contribution is 6.01. The molecule has 0 spiro atoms. The Hall–Kier alpha value is -0.900. The number of rotatable bonds is 2. The van der Waals surface area contributed by atoms with Crippen LogP contribution in [0.1, 0.15) is 27.7 Å². The van der Waals surface area contributed by atoms with Gasteiger partial charge in [-0.1, -0.05) is 27.7 Å². The van der Waals surface area contributed by atoms with Gasteiger partial charge in [0.25, 0.3) is 0 Å². The summed E-state index contributed by atoms with van der Waals surface area (Å²) in [6, 6.07) is 0. The molecule has 1 aliphatic heterocycles. The molecule has 0 radical (unpaired) electrons. The van der Waals surface area contributed by atoms with Crippen LogP contribution in [0.4, 0.5) is 0 Å². The second kappa shape index (κ2) is 3.35. The molecule has 0 aromatic heterocycles. The van der Waals surface area contributed by atoms with E-state index in [2.05, 4.69) is 4.74 Å². The maximum atomic E-state index is 11.4. The topological polar surface area (TPSA) is 63.6 Å². The van der Waals surface area contributed by atoms with Crippen molar-refractivity contribution < 1.29 is 19.4 Å². The number of carbonyl (C=O) groups excluding carboxylic acids is 2. The third-order valence-electron chi connectivity index (χ3n) is 2.80. The van der Waals surface area contributed by atoms with E-state index in [1.807, 2.05) is 0 Å². The first-order chi connectivity index (χ1) is 6.31. The summed E-state index contributed by atoms with van der Waals surface area (Å²) in [7, 11) is 0. The maximum Gasteiger partial charge on any atom is 0.346 e. The van der Waals surface area contributed by atoms with Crippen molar-refractivity contribution >= 4 is 11.9 Å². The van der Waals surface area contributed by atoms with Gasteiger partial charge in [-0.15, -0.1) is 0 Å². The Labute approximate surface area is 83.2 Å². The summed E-state index contributed by atoms with van der Waals surface area (Å²) >= 11 is 0. The van der Waals surface area contributed by atoms with E-state index in [4.69, 9.17) is 0 Å². The average Bonchev–Trinajstić information content (AvgIpc) is 2.23. The molecule has 0 aromatic carbocycles. The van der Waals surface area contributed by atoms with Crippen LogP contribution < -0.4 is 0 Å². The fourth-order valence-electron chi connectivity index (χ4n) is 1.92. The third kappa shape index (κ3) is 1.34. The lowest BCUT2D eigenvalue weighted by molar-refractivity contribution is -0.161. The SMILES string of the molecule is CC(C)C1C(=O)OC(=O)C1(O)C(C)C. The Morgan fingerprint density at radius 1 is 1.29 bits per heavy atom. The Kier molecular flexibility index (Phi) is 2.67. The molecule has 1 rings (SSSR count). The van der Waals surface area contributed by atoms with Crippen LogP contribution in [0.5, 0.6) is 0 Å². The van der Waals surface area contributed by atoms with E-state index in [0.29, 0.717) is 0 Å². The summed E-state index contributed by atoms with van der Waals surface area (Å²) in [6.45, 7) is 6.99. The fraction of sp³-hybridized carbons (Fsp3) is 0.800. The maximum absolute atomic E-state index is 11.4. The lowest BCUT2D eigenvalue weighted by Gasteiger charge is -2.29. The van der Waals surface area contributed by atoms with Gasteiger partial charge in [0.1, 0.15) is 0 Å². The largest absolute Gasteiger partial charge is 0.391 e. The Morgan fingerprint density at radius 3 is 2.07 bits per heavy atom. The van der Waals surface area contributed by atoms with Crippen molar-refractivity contribution in [3.05, 3.63) is 0 Å². The zero-order valence-corrected chi connectivity index (χ0v) is 8.90. The van der Waals surface area contributed by atoms with Gasteiger partial charge in [-0.25, -0.2) is 4.79 Å². The predicted molar refractivity (Wildman–Crippen MR) is 49.2 cm³/mol. The quantitative estimate of drug-likeness (QED) is 0.527. The van der Waals surface area contributed by atoms with Gasteiger partial charge in [0.2, 0.25) is 0 Å². The first-order valence-corrected chi connectivity index (χ1v) is 4.80. The highest BCUT2D eigenvalue weighted by Gasteiger charge is 2.59. The lowest BCUT2D eigenvalue weighted by Crippen LogP contribution is -2.48. The molecule has 0 aromatic rings. The minimum atomic E-state index is -1.65. The van der Waals surface area contributed by atoms with Gasteiger partial charge in [0.15, 0.2) is 5.60 Å². The minimum absolute atomic E-state index is 0.110. The molecule has 1 aliphatic rings. The third-order valence-corrected chi connectivity index (χ3v) is 2.80. The van der Waals surface area contributed by atoms with E-state index >= 15 is 0 Å². The van der Waals surface area contributed by atoms with Gasteiger partial charge < -0.3 is 9.84 Å². The second-order valence-corrected chi connectivity index (χ2v) is 4.41. The van der Waals surface area contributed by atoms with Crippen molar-refractivity contribution in [2.75, 3.05) is 0 Å². The van der Waals surface area contributed by atoms with Crippen molar-refractivity contribution in [3.63, 3.8) is 0 Å². The Balaban J connectivity index is 3.12. The molecule has 0 amide bonds. The van der Waals surface area contributed by atoms with E-state index < -0.39 is 23.5 Å². The van der Waals surface area contributed by atoms with Crippen molar-refractivity contribution in [1.82, 2.24) is 0 Å². The molecule has 1 heterocycles. The van der Waals surface area contributed by atoms with Crippen LogP contribution >= 0.6 is 0 Å². The Bertz CT molecular complexity index is 269. The monoisotopic (exact) mass is 200 g/mol. The van der Waals surface area contributed by atoms with Gasteiger partial charge in [-0.2, -0.15) is 0 Å². The molecule has 1 N–H and O–H groups in total. The smallest absolute Gasteiger partial charge is 0.346 e. The number of hydrogen-bond acceptors (Lipinski definition) is 4. The van der Waals surface area contributed by atoms with Crippen LogP contribution in [-0.2, 0) is 14.3 Å². The van der Waals surface area contributed by atoms with Crippen molar-refractivity contribution in [2.45, 2.75) is 33.3 Å². The first-order valence-electron chi connectivity index (χ1n) is 4.80. The normalized spacial score (nSPS) is 32.9. The van der Waals surface area contributed by atoms with Gasteiger partial charge in [-0.05, 0) is 11.8 Å². The van der Waals surface area contributed by atoms with Crippen LogP contribution in [0, 0.1) is 17.8 Å². The fourth-order valence-corrected chi connectivity index (χ4v) is 1.92. The number of cyclic esters (lactones) is 2. The molecule has 0 saturated carbocycles. The summed E-state index contributed by atoms with van der Waals surface area (Å²) < 4.78 is 4.48. The van der Waals surface area contributed by atoms with E-state index in [9.17, 15) is 14.7 Å². The summed E-state index contributed by atoms with van der Waals surface area (Å²) in [5, 5.41) is 10.1. The first kappa shape index (κ1) is 11.2. The second-order valence-electron chi connectivity index (χ2n) is 4.41. The lowest BCUT2D eigenvalue weighted by atomic mass is 9.75. The molecular weight excluding hydrogens is 184 g/mol. The summed E-state index contributed by atoms with van der Waals surface area (Å²) in [6.07, 6.45) is 0. The molecule has 14 heavy (non-hydrogen) atoms. The van der Waals surface area contributed by atoms with Gasteiger partial charge in [0, 0.05) is 0 Å². The molecule has 4 nitrogen and oxygen atoms in total. The zero-order chi connectivity index (χ0) is 11.1. The minimum Gasteiger partial charge on any atom is -0.391 e. The zero-order valence-electron chi connectivity index (χ0n) is 8.90. The number of ether oxygens (including phenoxy) is 1. The van der Waals surface area contributed by atoms with Crippen molar-refractivity contribution in [2.24, 2.45) is 17.8 Å². The predicted octanol–water partition coefficient (Wildman–Crippen LogP) is 0.729. The number of hydrogen-bond donors (Lipinski definition) is 1. The molecular formula is C10H16O4. The van der Waals surface area contributed by atoms with Gasteiger partial charge in [-0.3, -0.25) is 4.79 Å². The highest BCUT2D eigenvalue weighted by atomic mass is 16.6. The molecule has 2 unspecified atom stereocenters. The molecule has 1 saturated heterocycles. The van der Waals surface area contributed by atoms with Crippen LogP contribution in [0.15, 0.2) is 0 Å². The van der Waals surface area contributed by atoms with Crippen LogP contribution in [0.3, 0.4) is 0 Å². The average molecular weight is 200 g/mol. The molecule has 0 aliphatic carbocycles. The summed E-state index contributed by atoms with van der Waals surface area (Å²) in [5.74, 6) is -2.59. The molecule has 2 atom stereocenters. The van der Waals surface area contributed by atoms with E-state index in [0.717, 1.165) is 0 Å². The summed E-state index contributed by atoms with van der Waals surface area (Å²) in [5.41, 5.74) is -1.65. The number of esters is 2. The number of aliphatic hydroxyl groups is 1. The Morgan fingerprint density at radius 2 is 1.79 bits per heavy atom. The number of carbonyl (C=O) groups is 2. The van der Waals surface area contributed by atoms with Gasteiger partial charge in [0.05, 0.1) is 5.92 Å². The van der Waals surface area contributed by atoms with Crippen LogP contribution in [0.2, 0.25) is 0 Å². The standard InChI is InChI=1S/C10H16O4/c1-5(2)7-8(11)14-9(12)10(7,13)6(3)4/h5-7,13H,1-4H3. The molecule has 80 valence electrons. The van der Waals surface area contributed by atoms with Crippen molar-refractivity contribution in [1.29, 1.82) is 0 Å². The van der Waals surface area contributed by atoms with E-state index in [1.165, 1.54) is 0 Å². The van der Waals surface area contributed by atoms with E-state index in [-0.39, 0.29) is 11.8 Å². The van der Waals surface area contributed by atoms with E-state index in [1.54, 1.807) is 27.7 Å².